The molecule has 4 rings (SSSR count). The summed E-state index contributed by atoms with van der Waals surface area (Å²) in [5.41, 5.74) is -3.93. The first kappa shape index (κ1) is 31.6. The summed E-state index contributed by atoms with van der Waals surface area (Å²) < 4.78 is 152. The third-order valence-electron chi connectivity index (χ3n) is 7.74. The third-order valence-corrected chi connectivity index (χ3v) is 8.02. The van der Waals surface area contributed by atoms with Crippen molar-refractivity contribution in [3.8, 4) is 0 Å². The normalized spacial score (nSPS) is 15.3. The second kappa shape index (κ2) is 11.4. The molecule has 2 aromatic carbocycles. The van der Waals surface area contributed by atoms with Crippen molar-refractivity contribution in [2.24, 2.45) is 5.41 Å². The van der Waals surface area contributed by atoms with E-state index in [0.717, 1.165) is 16.9 Å². The quantitative estimate of drug-likeness (QED) is 0.0808. The summed E-state index contributed by atoms with van der Waals surface area (Å²) in [7, 11) is 0. The average Bonchev–Trinajstić information content (AvgIpc) is 2.92. The maximum Gasteiger partial charge on any atom is 0.344 e. The predicted octanol–water partition coefficient (Wildman–Crippen LogP) is 7.55. The van der Waals surface area contributed by atoms with E-state index in [-0.39, 0.29) is 23.7 Å². The lowest BCUT2D eigenvalue weighted by molar-refractivity contribution is -0.543. The molecule has 0 amide bonds. The van der Waals surface area contributed by atoms with E-state index < -0.39 is 87.1 Å². The predicted molar refractivity (Wildman–Crippen MR) is 142 cm³/mol. The molecular formula is C29H21BBrF10N. The Morgan fingerprint density at radius 1 is 0.667 bits per heavy atom. The van der Waals surface area contributed by atoms with Gasteiger partial charge in [-0.05, 0) is 47.7 Å². The van der Waals surface area contributed by atoms with Crippen LogP contribution in [0.25, 0.3) is 0 Å². The number of nitrogens with zero attached hydrogens (tertiary/aromatic N) is 1. The molecule has 1 aliphatic carbocycles. The largest absolute Gasteiger partial charge is 0.419 e. The van der Waals surface area contributed by atoms with Crippen LogP contribution in [0.5, 0.6) is 0 Å². The molecule has 0 saturated heterocycles. The standard InChI is InChI=1S/C29H21BBrF10N/c1-14-9-15(2)11-29(10-14,12-16(3)31)13-30(42-7-5-4-6-8-42,17-19(32)23(36)27(40)24(37)20(17)33)18-21(34)25(38)28(41)26(39)22(18)35/h4-8H,1-3,9-13H2. The number of pyridine rings is 1. The van der Waals surface area contributed by atoms with Gasteiger partial charge in [-0.2, -0.15) is 0 Å². The highest BCUT2D eigenvalue weighted by Crippen LogP contribution is 2.50. The van der Waals surface area contributed by atoms with Gasteiger partial charge in [0, 0.05) is 0 Å². The van der Waals surface area contributed by atoms with Crippen molar-refractivity contribution in [1.29, 1.82) is 0 Å². The van der Waals surface area contributed by atoms with E-state index >= 15 is 17.6 Å². The number of allylic oxidation sites excluding steroid dienone is 3. The van der Waals surface area contributed by atoms with Crippen molar-refractivity contribution in [3.05, 3.63) is 124 Å². The smallest absolute Gasteiger partial charge is 0.344 e. The van der Waals surface area contributed by atoms with Gasteiger partial charge in [0.15, 0.2) is 34.9 Å². The summed E-state index contributed by atoms with van der Waals surface area (Å²) in [6, 6.07) is 3.75. The lowest BCUT2D eigenvalue weighted by atomic mass is 9.22. The molecule has 1 nitrogen and oxygen atoms in total. The highest BCUT2D eigenvalue weighted by Gasteiger charge is 2.56. The number of hydrogen-bond acceptors (Lipinski definition) is 0. The third kappa shape index (κ3) is 5.09. The minimum absolute atomic E-state index is 0.0294. The maximum atomic E-state index is 15.8. The molecule has 1 saturated carbocycles. The Labute approximate surface area is 242 Å². The van der Waals surface area contributed by atoms with E-state index in [4.69, 9.17) is 0 Å². The second-order valence-corrected chi connectivity index (χ2v) is 11.8. The first-order chi connectivity index (χ1) is 19.6. The molecule has 0 aliphatic heterocycles. The van der Waals surface area contributed by atoms with Gasteiger partial charge in [-0.25, -0.2) is 43.9 Å². The van der Waals surface area contributed by atoms with E-state index in [1.165, 1.54) is 18.2 Å². The summed E-state index contributed by atoms with van der Waals surface area (Å²) >= 11 is 3.20. The van der Waals surface area contributed by atoms with Gasteiger partial charge in [-0.3, -0.25) is 0 Å². The number of benzene rings is 2. The van der Waals surface area contributed by atoms with E-state index in [0.29, 0.717) is 17.6 Å². The monoisotopic (exact) mass is 663 g/mol. The van der Waals surface area contributed by atoms with Crippen molar-refractivity contribution in [3.63, 3.8) is 0 Å². The van der Waals surface area contributed by atoms with Crippen molar-refractivity contribution in [2.75, 3.05) is 0 Å². The van der Waals surface area contributed by atoms with Crippen LogP contribution in [0.1, 0.15) is 25.7 Å². The van der Waals surface area contributed by atoms with Crippen LogP contribution in [0.15, 0.2) is 66.0 Å². The molecule has 0 atom stereocenters. The summed E-state index contributed by atoms with van der Waals surface area (Å²) in [6.07, 6.45) is -3.10. The van der Waals surface area contributed by atoms with Gasteiger partial charge in [0.05, 0.1) is 0 Å². The van der Waals surface area contributed by atoms with Crippen LogP contribution in [-0.4, -0.2) is 6.28 Å². The fraction of sp³-hybridized carbons (Fsp3) is 0.207. The van der Waals surface area contributed by atoms with Crippen LogP contribution < -0.4 is 15.4 Å². The fourth-order valence-electron chi connectivity index (χ4n) is 6.52. The molecule has 42 heavy (non-hydrogen) atoms. The molecule has 0 N–H and O–H groups in total. The lowest BCUT2D eigenvalue weighted by Crippen LogP contribution is -2.82. The fourth-order valence-corrected chi connectivity index (χ4v) is 7.11. The van der Waals surface area contributed by atoms with Gasteiger partial charge < -0.3 is 4.48 Å². The zero-order valence-corrected chi connectivity index (χ0v) is 23.3. The SMILES string of the molecule is C=C(Br)CC1(C[B-](c2c(F)c(F)c(F)c(F)c2F)(c2c(F)c(F)c(F)c(F)c2F)[n+]2ccccc2)CC(=C)CC(=C)C1. The summed E-state index contributed by atoms with van der Waals surface area (Å²) in [6.45, 7) is 11.6. The maximum absolute atomic E-state index is 15.8. The molecule has 0 spiro atoms. The van der Waals surface area contributed by atoms with E-state index in [2.05, 4.69) is 35.7 Å². The van der Waals surface area contributed by atoms with Gasteiger partial charge in [0.1, 0.15) is 35.7 Å². The van der Waals surface area contributed by atoms with E-state index in [1.807, 2.05) is 0 Å². The van der Waals surface area contributed by atoms with Crippen molar-refractivity contribution in [2.45, 2.75) is 32.0 Å². The number of aromatic nitrogens is 1. The minimum Gasteiger partial charge on any atom is -0.419 e. The average molecular weight is 664 g/mol. The number of hydrogen-bond donors (Lipinski definition) is 0. The van der Waals surface area contributed by atoms with Crippen LogP contribution in [0.4, 0.5) is 43.9 Å². The Hall–Kier alpha value is -3.35. The zero-order valence-electron chi connectivity index (χ0n) is 21.7. The summed E-state index contributed by atoms with van der Waals surface area (Å²) in [5, 5.41) is 0. The Morgan fingerprint density at radius 2 is 1.02 bits per heavy atom. The van der Waals surface area contributed by atoms with Gasteiger partial charge in [-0.1, -0.05) is 70.1 Å². The Balaban J connectivity index is 2.32. The van der Waals surface area contributed by atoms with Crippen LogP contribution in [0, 0.1) is 63.6 Å². The minimum atomic E-state index is -4.30. The molecule has 1 heterocycles. The Kier molecular flexibility index (Phi) is 8.56. The van der Waals surface area contributed by atoms with Gasteiger partial charge in [0.2, 0.25) is 0 Å². The number of rotatable bonds is 7. The van der Waals surface area contributed by atoms with E-state index in [1.54, 1.807) is 0 Å². The van der Waals surface area contributed by atoms with Gasteiger partial charge in [-0.15, -0.1) is 0 Å². The summed E-state index contributed by atoms with van der Waals surface area (Å²) in [4.78, 5) is 0. The number of halogens is 11. The lowest BCUT2D eigenvalue weighted by Gasteiger charge is -2.48. The first-order valence-electron chi connectivity index (χ1n) is 12.4. The zero-order chi connectivity index (χ0) is 31.3. The highest BCUT2D eigenvalue weighted by molar-refractivity contribution is 9.11. The van der Waals surface area contributed by atoms with E-state index in [9.17, 15) is 26.3 Å². The van der Waals surface area contributed by atoms with Crippen molar-refractivity contribution < 1.29 is 48.4 Å². The van der Waals surface area contributed by atoms with Gasteiger partial charge in [0.25, 0.3) is 0 Å². The first-order valence-corrected chi connectivity index (χ1v) is 13.2. The van der Waals surface area contributed by atoms with Gasteiger partial charge >= 0.3 is 6.28 Å². The molecule has 222 valence electrons. The summed E-state index contributed by atoms with van der Waals surface area (Å²) in [5.74, 6) is -25.0. The second-order valence-electron chi connectivity index (χ2n) is 10.7. The molecule has 13 heteroatoms. The molecular weight excluding hydrogens is 643 g/mol. The molecule has 1 aromatic heterocycles. The molecule has 0 radical (unpaired) electrons. The molecule has 0 unspecified atom stereocenters. The topological polar surface area (TPSA) is 3.88 Å². The molecule has 3 aromatic rings. The Bertz CT molecular complexity index is 1490. The highest BCUT2D eigenvalue weighted by atomic mass is 79.9. The van der Waals surface area contributed by atoms with Crippen molar-refractivity contribution >= 4 is 33.1 Å². The molecule has 1 aliphatic rings. The van der Waals surface area contributed by atoms with Crippen LogP contribution in [-0.2, 0) is 0 Å². The van der Waals surface area contributed by atoms with Crippen LogP contribution in [0.3, 0.4) is 0 Å². The Morgan fingerprint density at radius 3 is 1.38 bits per heavy atom. The molecule has 1 fully saturated rings. The molecule has 0 bridgehead atoms. The van der Waals surface area contributed by atoms with Crippen LogP contribution >= 0.6 is 15.9 Å². The van der Waals surface area contributed by atoms with Crippen LogP contribution in [0.2, 0.25) is 6.32 Å². The van der Waals surface area contributed by atoms with Crippen molar-refractivity contribution in [1.82, 2.24) is 0 Å².